The lowest BCUT2D eigenvalue weighted by Crippen LogP contribution is -2.45. The third kappa shape index (κ3) is 3.64. The largest absolute Gasteiger partial charge is 0.297 e. The topological polar surface area (TPSA) is 40.9 Å². The molecule has 0 N–H and O–H groups in total. The summed E-state index contributed by atoms with van der Waals surface area (Å²) in [6, 6.07) is 12.4. The van der Waals surface area contributed by atoms with Crippen molar-refractivity contribution in [2.24, 2.45) is 0 Å². The molecule has 1 aromatic carbocycles. The van der Waals surface area contributed by atoms with E-state index in [1.807, 2.05) is 4.40 Å². The lowest BCUT2D eigenvalue weighted by molar-refractivity contribution is 0.121. The fraction of sp³-hybridized carbons (Fsp3) is 0.455. The van der Waals surface area contributed by atoms with E-state index in [0.29, 0.717) is 0 Å². The maximum absolute atomic E-state index is 12.7. The highest BCUT2D eigenvalue weighted by molar-refractivity contribution is 7.17. The Morgan fingerprint density at radius 1 is 0.929 bits per heavy atom. The summed E-state index contributed by atoms with van der Waals surface area (Å²) >= 11 is 1.72. The first-order valence-electron chi connectivity index (χ1n) is 10.3. The Bertz CT molecular complexity index is 1020. The lowest BCUT2D eigenvalue weighted by atomic mass is 10.0. The van der Waals surface area contributed by atoms with Crippen LogP contribution in [-0.4, -0.2) is 45.4 Å². The summed E-state index contributed by atoms with van der Waals surface area (Å²) in [4.78, 5) is 24.8. The zero-order valence-electron chi connectivity index (χ0n) is 16.1. The molecule has 0 spiro atoms. The van der Waals surface area contributed by atoms with E-state index in [1.165, 1.54) is 29.0 Å². The van der Waals surface area contributed by atoms with E-state index in [-0.39, 0.29) is 5.56 Å². The third-order valence-corrected chi connectivity index (χ3v) is 7.06. The van der Waals surface area contributed by atoms with Gasteiger partial charge in [-0.15, -0.1) is 11.3 Å². The van der Waals surface area contributed by atoms with Crippen LogP contribution in [0.25, 0.3) is 4.96 Å². The summed E-state index contributed by atoms with van der Waals surface area (Å²) in [5, 5.41) is 0. The minimum absolute atomic E-state index is 0.0992. The fourth-order valence-corrected chi connectivity index (χ4v) is 5.63. The molecule has 2 aliphatic rings. The minimum atomic E-state index is 0.0992. The maximum Gasteiger partial charge on any atom is 0.259 e. The van der Waals surface area contributed by atoms with Crippen LogP contribution in [0.4, 0.5) is 0 Å². The number of aryl methyl sites for hydroxylation is 2. The van der Waals surface area contributed by atoms with Gasteiger partial charge in [-0.1, -0.05) is 30.3 Å². The second-order valence-corrected chi connectivity index (χ2v) is 8.98. The minimum Gasteiger partial charge on any atom is -0.297 e. The number of fused-ring (bicyclic) bond motifs is 3. The molecule has 1 saturated heterocycles. The molecule has 2 aromatic heterocycles. The molecule has 0 unspecified atom stereocenters. The van der Waals surface area contributed by atoms with Crippen molar-refractivity contribution in [3.63, 3.8) is 0 Å². The number of hydrogen-bond donors (Lipinski definition) is 0. The normalized spacial score (nSPS) is 18.4. The monoisotopic (exact) mass is 394 g/mol. The summed E-state index contributed by atoms with van der Waals surface area (Å²) < 4.78 is 1.86. The molecule has 0 bridgehead atoms. The molecule has 28 heavy (non-hydrogen) atoms. The van der Waals surface area contributed by atoms with Crippen LogP contribution >= 0.6 is 11.3 Å². The Hall–Kier alpha value is -2.02. The first kappa shape index (κ1) is 18.0. The van der Waals surface area contributed by atoms with Gasteiger partial charge in [-0.25, -0.2) is 4.98 Å². The van der Waals surface area contributed by atoms with Gasteiger partial charge in [0.15, 0.2) is 4.96 Å². The molecule has 5 rings (SSSR count). The molecular weight excluding hydrogens is 368 g/mol. The number of benzene rings is 1. The molecule has 0 amide bonds. The van der Waals surface area contributed by atoms with Crippen molar-refractivity contribution in [1.82, 2.24) is 19.2 Å². The van der Waals surface area contributed by atoms with E-state index < -0.39 is 0 Å². The summed E-state index contributed by atoms with van der Waals surface area (Å²) in [5.41, 5.74) is 3.60. The van der Waals surface area contributed by atoms with Gasteiger partial charge in [-0.05, 0) is 31.2 Å². The highest BCUT2D eigenvalue weighted by Gasteiger charge is 2.21. The van der Waals surface area contributed by atoms with Crippen molar-refractivity contribution < 1.29 is 0 Å². The van der Waals surface area contributed by atoms with Gasteiger partial charge in [0.05, 0.1) is 5.69 Å². The fourth-order valence-electron chi connectivity index (χ4n) is 4.40. The molecule has 0 atom stereocenters. The van der Waals surface area contributed by atoms with Crippen molar-refractivity contribution >= 4 is 16.3 Å². The molecule has 1 aliphatic heterocycles. The molecule has 146 valence electrons. The molecule has 5 nitrogen and oxygen atoms in total. The van der Waals surface area contributed by atoms with Crippen LogP contribution in [0.2, 0.25) is 0 Å². The zero-order valence-corrected chi connectivity index (χ0v) is 17.0. The highest BCUT2D eigenvalue weighted by Crippen LogP contribution is 2.28. The van der Waals surface area contributed by atoms with E-state index in [2.05, 4.69) is 40.1 Å². The smallest absolute Gasteiger partial charge is 0.259 e. The summed E-state index contributed by atoms with van der Waals surface area (Å²) in [7, 11) is 0. The number of aromatic nitrogens is 2. The van der Waals surface area contributed by atoms with Crippen LogP contribution in [0.3, 0.4) is 0 Å². The van der Waals surface area contributed by atoms with Crippen molar-refractivity contribution in [3.05, 3.63) is 68.6 Å². The van der Waals surface area contributed by atoms with Crippen LogP contribution in [0.1, 0.15) is 34.7 Å². The molecule has 3 aromatic rings. The average molecular weight is 395 g/mol. The standard InChI is InChI=1S/C22H26N4OS/c27-21-14-18(23-22-26(21)19-8-4-5-9-20(19)28-22)16-25-12-10-24(11-13-25)15-17-6-2-1-3-7-17/h1-3,6-7,14H,4-5,8-13,15-16H2. The van der Waals surface area contributed by atoms with Gasteiger partial charge >= 0.3 is 0 Å². The van der Waals surface area contributed by atoms with E-state index in [1.54, 1.807) is 17.4 Å². The van der Waals surface area contributed by atoms with Crippen molar-refractivity contribution in [3.8, 4) is 0 Å². The lowest BCUT2D eigenvalue weighted by Gasteiger charge is -2.34. The molecular formula is C22H26N4OS. The quantitative estimate of drug-likeness (QED) is 0.682. The van der Waals surface area contributed by atoms with E-state index >= 15 is 0 Å². The molecule has 1 fully saturated rings. The first-order valence-corrected chi connectivity index (χ1v) is 11.1. The van der Waals surface area contributed by atoms with Crippen molar-refractivity contribution in [2.45, 2.75) is 38.8 Å². The number of rotatable bonds is 4. The van der Waals surface area contributed by atoms with Gasteiger partial charge in [0.25, 0.3) is 5.56 Å². The van der Waals surface area contributed by atoms with Crippen molar-refractivity contribution in [1.29, 1.82) is 0 Å². The maximum atomic E-state index is 12.7. The number of hydrogen-bond acceptors (Lipinski definition) is 5. The van der Waals surface area contributed by atoms with Crippen LogP contribution in [0.5, 0.6) is 0 Å². The van der Waals surface area contributed by atoms with Gasteiger partial charge < -0.3 is 0 Å². The van der Waals surface area contributed by atoms with E-state index in [4.69, 9.17) is 4.98 Å². The van der Waals surface area contributed by atoms with Gasteiger partial charge in [0.1, 0.15) is 0 Å². The Labute approximate surface area is 169 Å². The number of thiazole rings is 1. The Balaban J connectivity index is 1.26. The van der Waals surface area contributed by atoms with Crippen LogP contribution < -0.4 is 5.56 Å². The van der Waals surface area contributed by atoms with Crippen molar-refractivity contribution in [2.75, 3.05) is 26.2 Å². The molecule has 0 saturated carbocycles. The van der Waals surface area contributed by atoms with Gasteiger partial charge in [0, 0.05) is 55.9 Å². The highest BCUT2D eigenvalue weighted by atomic mass is 32.1. The second-order valence-electron chi connectivity index (χ2n) is 7.92. The summed E-state index contributed by atoms with van der Waals surface area (Å²) in [6.45, 7) is 5.95. The molecule has 3 heterocycles. The molecule has 0 radical (unpaired) electrons. The van der Waals surface area contributed by atoms with Gasteiger partial charge in [-0.3, -0.25) is 19.0 Å². The predicted octanol–water partition coefficient (Wildman–Crippen LogP) is 2.95. The predicted molar refractivity (Wildman–Crippen MR) is 113 cm³/mol. The van der Waals surface area contributed by atoms with Gasteiger partial charge in [-0.2, -0.15) is 0 Å². The van der Waals surface area contributed by atoms with Gasteiger partial charge in [0.2, 0.25) is 0 Å². The summed E-state index contributed by atoms with van der Waals surface area (Å²) in [5.74, 6) is 0. The number of nitrogens with zero attached hydrogens (tertiary/aromatic N) is 4. The van der Waals surface area contributed by atoms with E-state index in [9.17, 15) is 4.79 Å². The Kier molecular flexibility index (Phi) is 5.01. The molecule has 1 aliphatic carbocycles. The van der Waals surface area contributed by atoms with Crippen LogP contribution in [-0.2, 0) is 25.9 Å². The van der Waals surface area contributed by atoms with Crippen LogP contribution in [0.15, 0.2) is 41.2 Å². The Morgan fingerprint density at radius 3 is 2.43 bits per heavy atom. The first-order chi connectivity index (χ1) is 13.8. The number of piperazine rings is 1. The van der Waals surface area contributed by atoms with E-state index in [0.717, 1.165) is 62.8 Å². The molecule has 6 heteroatoms. The SMILES string of the molecule is O=c1cc(CN2CCN(Cc3ccccc3)CC2)nc2sc3c(n12)CCCC3. The second kappa shape index (κ2) is 7.78. The zero-order chi connectivity index (χ0) is 18.9. The Morgan fingerprint density at radius 2 is 1.64 bits per heavy atom. The average Bonchev–Trinajstić information content (AvgIpc) is 3.09. The summed E-state index contributed by atoms with van der Waals surface area (Å²) in [6.07, 6.45) is 4.52. The third-order valence-electron chi connectivity index (χ3n) is 5.91. The van der Waals surface area contributed by atoms with Crippen LogP contribution in [0, 0.1) is 0 Å².